The quantitative estimate of drug-likeness (QED) is 0.152. The number of hydrogen-bond donors (Lipinski definition) is 1. The summed E-state index contributed by atoms with van der Waals surface area (Å²) in [6, 6.07) is 0. The van der Waals surface area contributed by atoms with Crippen LogP contribution in [0.4, 0.5) is 0 Å². The molecule has 0 saturated carbocycles. The van der Waals surface area contributed by atoms with Crippen LogP contribution in [0, 0.1) is 0 Å². The molecule has 0 bridgehead atoms. The van der Waals surface area contributed by atoms with E-state index < -0.39 is 24.5 Å². The SMILES string of the molecule is CCCCCCCC/C=C/OC(=O)CC(O)C(=O)O/C=C/CCCCCCCC. The number of allylic oxidation sites excluding steroid dienone is 2. The fraction of sp³-hybridized carbons (Fsp3) is 0.750. The largest absolute Gasteiger partial charge is 0.435 e. The summed E-state index contributed by atoms with van der Waals surface area (Å²) < 4.78 is 9.75. The van der Waals surface area contributed by atoms with Gasteiger partial charge in [0.25, 0.3) is 0 Å². The Morgan fingerprint density at radius 3 is 1.69 bits per heavy atom. The standard InChI is InChI=1S/C24H42O5/c1-3-5-7-9-11-13-15-17-19-28-23(26)21-22(25)24(27)29-20-18-16-14-12-10-8-6-4-2/h17-20,22,25H,3-16,21H2,1-2H3/b19-17+,20-18+. The molecule has 0 rings (SSSR count). The molecule has 5 nitrogen and oxygen atoms in total. The average Bonchev–Trinajstić information content (AvgIpc) is 2.71. The molecule has 1 atom stereocenters. The summed E-state index contributed by atoms with van der Waals surface area (Å²) in [5.74, 6) is -1.48. The zero-order valence-electron chi connectivity index (χ0n) is 18.6. The molecule has 0 aliphatic rings. The van der Waals surface area contributed by atoms with Gasteiger partial charge in [0.05, 0.1) is 18.9 Å². The molecular formula is C24H42O5. The summed E-state index contributed by atoms with van der Waals surface area (Å²) in [6.07, 6.45) is 20.5. The third-order valence-corrected chi connectivity index (χ3v) is 4.66. The van der Waals surface area contributed by atoms with Gasteiger partial charge in [-0.3, -0.25) is 4.79 Å². The Hall–Kier alpha value is -1.62. The first kappa shape index (κ1) is 27.4. The summed E-state index contributed by atoms with van der Waals surface area (Å²) >= 11 is 0. The van der Waals surface area contributed by atoms with Crippen molar-refractivity contribution in [3.8, 4) is 0 Å². The lowest BCUT2D eigenvalue weighted by atomic mass is 10.1. The fourth-order valence-electron chi connectivity index (χ4n) is 2.83. The van der Waals surface area contributed by atoms with Crippen LogP contribution in [-0.4, -0.2) is 23.1 Å². The summed E-state index contributed by atoms with van der Waals surface area (Å²) in [5.41, 5.74) is 0. The van der Waals surface area contributed by atoms with E-state index in [1.807, 2.05) is 0 Å². The molecule has 0 saturated heterocycles. The van der Waals surface area contributed by atoms with E-state index in [1.54, 1.807) is 12.2 Å². The molecule has 0 aromatic carbocycles. The van der Waals surface area contributed by atoms with Crippen molar-refractivity contribution in [1.29, 1.82) is 0 Å². The van der Waals surface area contributed by atoms with Crippen molar-refractivity contribution in [3.05, 3.63) is 24.7 Å². The minimum absolute atomic E-state index is 0.411. The van der Waals surface area contributed by atoms with Crippen LogP contribution in [0.1, 0.15) is 110 Å². The van der Waals surface area contributed by atoms with Crippen molar-refractivity contribution in [2.24, 2.45) is 0 Å². The van der Waals surface area contributed by atoms with Crippen molar-refractivity contribution in [3.63, 3.8) is 0 Å². The van der Waals surface area contributed by atoms with E-state index in [0.29, 0.717) is 0 Å². The molecule has 0 heterocycles. The second kappa shape index (κ2) is 21.1. The highest BCUT2D eigenvalue weighted by atomic mass is 16.5. The first-order chi connectivity index (χ1) is 14.1. The van der Waals surface area contributed by atoms with Crippen molar-refractivity contribution in [2.45, 2.75) is 116 Å². The Balaban J connectivity index is 3.70. The van der Waals surface area contributed by atoms with Crippen LogP contribution in [0.25, 0.3) is 0 Å². The predicted octanol–water partition coefficient (Wildman–Crippen LogP) is 6.35. The maximum absolute atomic E-state index is 11.7. The number of carbonyl (C=O) groups is 2. The molecule has 0 aromatic rings. The Labute approximate surface area is 177 Å². The van der Waals surface area contributed by atoms with Gasteiger partial charge in [0, 0.05) is 0 Å². The number of unbranched alkanes of at least 4 members (excludes halogenated alkanes) is 12. The van der Waals surface area contributed by atoms with Gasteiger partial charge in [0.2, 0.25) is 0 Å². The second-order valence-corrected chi connectivity index (χ2v) is 7.50. The van der Waals surface area contributed by atoms with Gasteiger partial charge < -0.3 is 14.6 Å². The highest BCUT2D eigenvalue weighted by Gasteiger charge is 2.20. The lowest BCUT2D eigenvalue weighted by Crippen LogP contribution is -2.25. The van der Waals surface area contributed by atoms with Crippen LogP contribution in [0.3, 0.4) is 0 Å². The smallest absolute Gasteiger partial charge is 0.340 e. The van der Waals surface area contributed by atoms with Gasteiger partial charge in [-0.2, -0.15) is 0 Å². The van der Waals surface area contributed by atoms with Gasteiger partial charge in [-0.1, -0.05) is 78.1 Å². The normalized spacial score (nSPS) is 12.5. The molecule has 5 heteroatoms. The van der Waals surface area contributed by atoms with Crippen molar-refractivity contribution in [2.75, 3.05) is 0 Å². The lowest BCUT2D eigenvalue weighted by molar-refractivity contribution is -0.153. The molecule has 0 aliphatic carbocycles. The Morgan fingerprint density at radius 2 is 1.17 bits per heavy atom. The second-order valence-electron chi connectivity index (χ2n) is 7.50. The summed E-state index contributed by atoms with van der Waals surface area (Å²) in [5, 5.41) is 9.72. The van der Waals surface area contributed by atoms with Gasteiger partial charge in [0.1, 0.15) is 0 Å². The van der Waals surface area contributed by atoms with Gasteiger partial charge in [-0.25, -0.2) is 4.79 Å². The predicted molar refractivity (Wildman–Crippen MR) is 117 cm³/mol. The molecule has 168 valence electrons. The number of rotatable bonds is 19. The Kier molecular flexibility index (Phi) is 19.9. The number of aliphatic hydroxyl groups is 1. The zero-order valence-corrected chi connectivity index (χ0v) is 18.6. The van der Waals surface area contributed by atoms with E-state index in [0.717, 1.165) is 25.7 Å². The minimum Gasteiger partial charge on any atom is -0.435 e. The molecule has 0 fully saturated rings. The monoisotopic (exact) mass is 410 g/mol. The van der Waals surface area contributed by atoms with E-state index in [1.165, 1.54) is 76.7 Å². The van der Waals surface area contributed by atoms with E-state index in [9.17, 15) is 14.7 Å². The molecule has 0 amide bonds. The highest BCUT2D eigenvalue weighted by molar-refractivity contribution is 5.82. The topological polar surface area (TPSA) is 72.8 Å². The number of carbonyl (C=O) groups excluding carboxylic acids is 2. The Morgan fingerprint density at radius 1 is 0.724 bits per heavy atom. The van der Waals surface area contributed by atoms with Gasteiger partial charge >= 0.3 is 11.9 Å². The first-order valence-corrected chi connectivity index (χ1v) is 11.5. The zero-order chi connectivity index (χ0) is 21.6. The van der Waals surface area contributed by atoms with Crippen LogP contribution in [0.5, 0.6) is 0 Å². The highest BCUT2D eigenvalue weighted by Crippen LogP contribution is 2.08. The minimum atomic E-state index is -1.51. The van der Waals surface area contributed by atoms with Crippen LogP contribution in [-0.2, 0) is 19.1 Å². The lowest BCUT2D eigenvalue weighted by Gasteiger charge is -2.06. The van der Waals surface area contributed by atoms with Gasteiger partial charge in [-0.05, 0) is 37.8 Å². The average molecular weight is 411 g/mol. The number of ether oxygens (including phenoxy) is 2. The van der Waals surface area contributed by atoms with Gasteiger partial charge in [-0.15, -0.1) is 0 Å². The van der Waals surface area contributed by atoms with E-state index in [4.69, 9.17) is 9.47 Å². The molecule has 0 aromatic heterocycles. The van der Waals surface area contributed by atoms with E-state index >= 15 is 0 Å². The molecule has 1 unspecified atom stereocenters. The molecule has 1 N–H and O–H groups in total. The van der Waals surface area contributed by atoms with Crippen molar-refractivity contribution in [1.82, 2.24) is 0 Å². The summed E-state index contributed by atoms with van der Waals surface area (Å²) in [6.45, 7) is 4.39. The van der Waals surface area contributed by atoms with Crippen LogP contribution >= 0.6 is 0 Å². The van der Waals surface area contributed by atoms with Crippen molar-refractivity contribution >= 4 is 11.9 Å². The maximum Gasteiger partial charge on any atom is 0.340 e. The van der Waals surface area contributed by atoms with E-state index in [2.05, 4.69) is 13.8 Å². The molecule has 0 spiro atoms. The van der Waals surface area contributed by atoms with E-state index in [-0.39, 0.29) is 0 Å². The molecule has 29 heavy (non-hydrogen) atoms. The Bertz CT molecular complexity index is 456. The third-order valence-electron chi connectivity index (χ3n) is 4.66. The number of hydrogen-bond acceptors (Lipinski definition) is 5. The third kappa shape index (κ3) is 19.5. The summed E-state index contributed by atoms with van der Waals surface area (Å²) in [7, 11) is 0. The van der Waals surface area contributed by atoms with Gasteiger partial charge in [0.15, 0.2) is 6.10 Å². The van der Waals surface area contributed by atoms with Crippen LogP contribution in [0.15, 0.2) is 24.7 Å². The maximum atomic E-state index is 11.7. The first-order valence-electron chi connectivity index (χ1n) is 11.5. The van der Waals surface area contributed by atoms with Crippen molar-refractivity contribution < 1.29 is 24.2 Å². The van der Waals surface area contributed by atoms with Crippen LogP contribution < -0.4 is 0 Å². The van der Waals surface area contributed by atoms with Crippen LogP contribution in [0.2, 0.25) is 0 Å². The molecular weight excluding hydrogens is 368 g/mol. The number of aliphatic hydroxyl groups excluding tert-OH is 1. The number of esters is 2. The fourth-order valence-corrected chi connectivity index (χ4v) is 2.83. The molecule has 0 aliphatic heterocycles. The summed E-state index contributed by atoms with van der Waals surface area (Å²) in [4.78, 5) is 23.3. The molecule has 0 radical (unpaired) electrons.